The molecule has 0 aromatic carbocycles. The first-order valence-electron chi connectivity index (χ1n) is 8.90. The number of hydrogen-bond donors (Lipinski definition) is 4. The molecular weight excluding hydrogens is 433 g/mol. The molecule has 1 aliphatic heterocycles. The highest BCUT2D eigenvalue weighted by Crippen LogP contribution is 2.30. The molecule has 1 fully saturated rings. The Morgan fingerprint density at radius 3 is 2.68 bits per heavy atom. The van der Waals surface area contributed by atoms with Crippen LogP contribution in [0, 0.1) is 0 Å². The quantitative estimate of drug-likeness (QED) is 0.257. The summed E-state index contributed by atoms with van der Waals surface area (Å²) in [7, 11) is 0. The van der Waals surface area contributed by atoms with Gasteiger partial charge in [-0.15, -0.1) is 0 Å². The van der Waals surface area contributed by atoms with Gasteiger partial charge in [0.25, 0.3) is 0 Å². The van der Waals surface area contributed by atoms with E-state index in [1.165, 1.54) is 19.2 Å². The Morgan fingerprint density at radius 2 is 2.10 bits per heavy atom. The summed E-state index contributed by atoms with van der Waals surface area (Å²) in [6, 6.07) is 1.31. The van der Waals surface area contributed by atoms with E-state index in [1.807, 2.05) is 0 Å². The highest BCUT2D eigenvalue weighted by molar-refractivity contribution is 5.87. The van der Waals surface area contributed by atoms with Gasteiger partial charge in [0.1, 0.15) is 30.9 Å². The van der Waals surface area contributed by atoms with Crippen molar-refractivity contribution >= 4 is 17.6 Å². The van der Waals surface area contributed by atoms with Crippen LogP contribution in [0.5, 0.6) is 0 Å². The standard InChI is InChI=1S/C16H21F3N4O8/c1-8(25)21-10-2-4-23(15(28)22-10)13-12(11(26)9(6-24)31-13)30-7-29-5-3-20-14(27)16(17,18)19/h2,4,9,11-13,24,26H,3,5-7H2,1H3,(H,20,27)(H,21,22,25,28)/t9-,11-,12-,13-/m1/s1. The van der Waals surface area contributed by atoms with Crippen molar-refractivity contribution in [3.8, 4) is 0 Å². The number of aliphatic hydroxyl groups is 2. The van der Waals surface area contributed by atoms with Gasteiger partial charge in [-0.2, -0.15) is 18.2 Å². The third-order valence-corrected chi connectivity index (χ3v) is 4.03. The number of nitrogens with zero attached hydrogens (tertiary/aromatic N) is 2. The van der Waals surface area contributed by atoms with Gasteiger partial charge in [0, 0.05) is 19.7 Å². The van der Waals surface area contributed by atoms with Crippen LogP contribution in [0.15, 0.2) is 17.1 Å². The Morgan fingerprint density at radius 1 is 1.39 bits per heavy atom. The molecule has 15 heteroatoms. The SMILES string of the molecule is CC(=O)Nc1ccn([C@@H]2O[C@H](CO)[C@@H](O)[C@H]2OCOCCNC(=O)C(F)(F)F)c(=O)n1. The number of anilines is 1. The first-order valence-corrected chi connectivity index (χ1v) is 8.90. The average molecular weight is 454 g/mol. The normalized spacial score (nSPS) is 23.5. The molecule has 0 spiro atoms. The molecule has 1 aromatic rings. The van der Waals surface area contributed by atoms with Crippen molar-refractivity contribution in [1.82, 2.24) is 14.9 Å². The molecule has 1 aromatic heterocycles. The molecule has 0 saturated carbocycles. The second-order valence-electron chi connectivity index (χ2n) is 6.33. The molecular formula is C16H21F3N4O8. The summed E-state index contributed by atoms with van der Waals surface area (Å²) in [5.41, 5.74) is -0.841. The lowest BCUT2D eigenvalue weighted by molar-refractivity contribution is -0.174. The van der Waals surface area contributed by atoms with Crippen LogP contribution in [0.1, 0.15) is 13.2 Å². The van der Waals surface area contributed by atoms with E-state index in [0.29, 0.717) is 0 Å². The van der Waals surface area contributed by atoms with E-state index in [-0.39, 0.29) is 12.4 Å². The molecule has 4 atom stereocenters. The van der Waals surface area contributed by atoms with Crippen molar-refractivity contribution < 1.29 is 47.2 Å². The van der Waals surface area contributed by atoms with Crippen molar-refractivity contribution in [3.63, 3.8) is 0 Å². The van der Waals surface area contributed by atoms with Crippen molar-refractivity contribution in [2.45, 2.75) is 37.6 Å². The van der Waals surface area contributed by atoms with Crippen LogP contribution < -0.4 is 16.3 Å². The number of nitrogens with one attached hydrogen (secondary N) is 2. The summed E-state index contributed by atoms with van der Waals surface area (Å²) in [5, 5.41) is 23.5. The van der Waals surface area contributed by atoms with Gasteiger partial charge in [-0.3, -0.25) is 14.2 Å². The summed E-state index contributed by atoms with van der Waals surface area (Å²) in [5.74, 6) is -2.56. The van der Waals surface area contributed by atoms with Crippen molar-refractivity contribution in [3.05, 3.63) is 22.7 Å². The molecule has 2 rings (SSSR count). The Balaban J connectivity index is 1.96. The van der Waals surface area contributed by atoms with E-state index in [2.05, 4.69) is 10.3 Å². The minimum Gasteiger partial charge on any atom is -0.394 e. The van der Waals surface area contributed by atoms with Gasteiger partial charge in [-0.1, -0.05) is 0 Å². The van der Waals surface area contributed by atoms with E-state index in [1.54, 1.807) is 5.32 Å². The largest absolute Gasteiger partial charge is 0.471 e. The number of aromatic nitrogens is 2. The maximum Gasteiger partial charge on any atom is 0.471 e. The number of alkyl halides is 3. The Bertz CT molecular complexity index is 834. The lowest BCUT2D eigenvalue weighted by Crippen LogP contribution is -2.39. The number of ether oxygens (including phenoxy) is 3. The fraction of sp³-hybridized carbons (Fsp3) is 0.625. The number of carbonyl (C=O) groups is 2. The van der Waals surface area contributed by atoms with E-state index in [0.717, 1.165) is 4.57 Å². The van der Waals surface area contributed by atoms with E-state index < -0.39 is 68.2 Å². The van der Waals surface area contributed by atoms with Crippen LogP contribution in [0.3, 0.4) is 0 Å². The van der Waals surface area contributed by atoms with Crippen LogP contribution in [-0.2, 0) is 23.8 Å². The smallest absolute Gasteiger partial charge is 0.394 e. The molecule has 1 saturated heterocycles. The van der Waals surface area contributed by atoms with Gasteiger partial charge in [0.05, 0.1) is 13.2 Å². The Labute approximate surface area is 172 Å². The lowest BCUT2D eigenvalue weighted by Gasteiger charge is -2.22. The average Bonchev–Trinajstić information content (AvgIpc) is 2.98. The first kappa shape index (κ1) is 24.7. The monoisotopic (exact) mass is 454 g/mol. The second-order valence-corrected chi connectivity index (χ2v) is 6.33. The van der Waals surface area contributed by atoms with Crippen LogP contribution in [0.25, 0.3) is 0 Å². The van der Waals surface area contributed by atoms with E-state index >= 15 is 0 Å². The molecule has 0 aliphatic carbocycles. The van der Waals surface area contributed by atoms with Gasteiger partial charge < -0.3 is 35.1 Å². The molecule has 12 nitrogen and oxygen atoms in total. The zero-order valence-corrected chi connectivity index (χ0v) is 16.2. The predicted octanol–water partition coefficient (Wildman–Crippen LogP) is -1.51. The number of hydrogen-bond acceptors (Lipinski definition) is 9. The molecule has 0 radical (unpaired) electrons. The summed E-state index contributed by atoms with van der Waals surface area (Å²) < 4.78 is 52.9. The first-order chi connectivity index (χ1) is 14.5. The maximum atomic E-state index is 12.3. The zero-order chi connectivity index (χ0) is 23.2. The molecule has 0 bridgehead atoms. The third-order valence-electron chi connectivity index (χ3n) is 4.03. The molecule has 1 aliphatic rings. The van der Waals surface area contributed by atoms with Crippen LogP contribution >= 0.6 is 0 Å². The third kappa shape index (κ3) is 6.70. The van der Waals surface area contributed by atoms with E-state index in [4.69, 9.17) is 14.2 Å². The maximum absolute atomic E-state index is 12.3. The number of halogens is 3. The predicted molar refractivity (Wildman–Crippen MR) is 94.6 cm³/mol. The van der Waals surface area contributed by atoms with Crippen molar-refractivity contribution in [1.29, 1.82) is 0 Å². The summed E-state index contributed by atoms with van der Waals surface area (Å²) in [4.78, 5) is 37.7. The number of amides is 2. The highest BCUT2D eigenvalue weighted by atomic mass is 19.4. The molecule has 0 unspecified atom stereocenters. The fourth-order valence-electron chi connectivity index (χ4n) is 2.65. The Kier molecular flexibility index (Phi) is 8.46. The minimum atomic E-state index is -5.01. The summed E-state index contributed by atoms with van der Waals surface area (Å²) in [6.07, 6.45) is -8.65. The van der Waals surface area contributed by atoms with Gasteiger partial charge in [0.15, 0.2) is 6.23 Å². The van der Waals surface area contributed by atoms with Gasteiger partial charge >= 0.3 is 17.8 Å². The molecule has 2 amide bonds. The fourth-order valence-corrected chi connectivity index (χ4v) is 2.65. The van der Waals surface area contributed by atoms with Gasteiger partial charge in [0.2, 0.25) is 5.91 Å². The van der Waals surface area contributed by atoms with Crippen LogP contribution in [-0.4, -0.2) is 82.6 Å². The van der Waals surface area contributed by atoms with Gasteiger partial charge in [-0.05, 0) is 6.07 Å². The number of aliphatic hydroxyl groups excluding tert-OH is 2. The number of carbonyl (C=O) groups excluding carboxylic acids is 2. The highest BCUT2D eigenvalue weighted by Gasteiger charge is 2.46. The minimum absolute atomic E-state index is 0.00675. The van der Waals surface area contributed by atoms with Crippen LogP contribution in [0.2, 0.25) is 0 Å². The zero-order valence-electron chi connectivity index (χ0n) is 16.2. The molecule has 2 heterocycles. The summed E-state index contributed by atoms with van der Waals surface area (Å²) in [6.45, 7) is -0.648. The topological polar surface area (TPSA) is 161 Å². The Hall–Kier alpha value is -2.59. The van der Waals surface area contributed by atoms with Crippen molar-refractivity contribution in [2.75, 3.05) is 31.9 Å². The molecule has 31 heavy (non-hydrogen) atoms. The van der Waals surface area contributed by atoms with Crippen LogP contribution in [0.4, 0.5) is 19.0 Å². The molecule has 174 valence electrons. The van der Waals surface area contributed by atoms with Gasteiger partial charge in [-0.25, -0.2) is 4.79 Å². The summed E-state index contributed by atoms with van der Waals surface area (Å²) >= 11 is 0. The molecule has 4 N–H and O–H groups in total. The van der Waals surface area contributed by atoms with E-state index in [9.17, 15) is 37.8 Å². The number of rotatable bonds is 9. The lowest BCUT2D eigenvalue weighted by atomic mass is 10.1. The second kappa shape index (κ2) is 10.6. The van der Waals surface area contributed by atoms with Crippen molar-refractivity contribution in [2.24, 2.45) is 0 Å².